The molecule has 0 aromatic heterocycles. The highest BCUT2D eigenvalue weighted by atomic mass is 16.5. The van der Waals surface area contributed by atoms with E-state index in [1.165, 1.54) is 6.07 Å². The van der Waals surface area contributed by atoms with Crippen molar-refractivity contribution >= 4 is 17.7 Å². The number of methoxy groups -OCH3 is 1. The van der Waals surface area contributed by atoms with Crippen molar-refractivity contribution in [3.05, 3.63) is 100 Å². The van der Waals surface area contributed by atoms with Crippen molar-refractivity contribution in [3.8, 4) is 5.75 Å². The molecule has 0 saturated heterocycles. The largest absolute Gasteiger partial charge is 0.497 e. The molecular formula is C27H27NO5. The molecule has 0 bridgehead atoms. The number of hydrogen-bond acceptors (Lipinski definition) is 5. The maximum Gasteiger partial charge on any atom is 0.339 e. The minimum Gasteiger partial charge on any atom is -0.497 e. The monoisotopic (exact) mass is 445 g/mol. The van der Waals surface area contributed by atoms with Gasteiger partial charge in [0.25, 0.3) is 5.91 Å². The first-order valence-corrected chi connectivity index (χ1v) is 10.7. The van der Waals surface area contributed by atoms with Gasteiger partial charge in [0.05, 0.1) is 12.7 Å². The summed E-state index contributed by atoms with van der Waals surface area (Å²) in [6.45, 7) is 3.74. The Hall–Kier alpha value is -3.93. The average Bonchev–Trinajstić information content (AvgIpc) is 2.84. The van der Waals surface area contributed by atoms with Crippen molar-refractivity contribution in [1.82, 2.24) is 5.32 Å². The number of ether oxygens (including phenoxy) is 2. The fourth-order valence-electron chi connectivity index (χ4n) is 3.38. The van der Waals surface area contributed by atoms with Crippen LogP contribution >= 0.6 is 0 Å². The van der Waals surface area contributed by atoms with Gasteiger partial charge >= 0.3 is 5.97 Å². The Morgan fingerprint density at radius 3 is 2.24 bits per heavy atom. The topological polar surface area (TPSA) is 81.7 Å². The molecule has 0 spiro atoms. The van der Waals surface area contributed by atoms with Crippen LogP contribution in [0.25, 0.3) is 0 Å². The lowest BCUT2D eigenvalue weighted by molar-refractivity contribution is -0.124. The minimum atomic E-state index is -0.713. The Bertz CT molecular complexity index is 1150. The van der Waals surface area contributed by atoms with Gasteiger partial charge in [-0.05, 0) is 55.7 Å². The van der Waals surface area contributed by atoms with E-state index < -0.39 is 18.5 Å². The van der Waals surface area contributed by atoms with E-state index in [1.807, 2.05) is 50.2 Å². The Kier molecular flexibility index (Phi) is 7.97. The van der Waals surface area contributed by atoms with Gasteiger partial charge in [-0.15, -0.1) is 0 Å². The number of amides is 1. The Balaban J connectivity index is 1.57. The van der Waals surface area contributed by atoms with Gasteiger partial charge in [-0.25, -0.2) is 4.79 Å². The third-order valence-corrected chi connectivity index (χ3v) is 5.26. The smallest absolute Gasteiger partial charge is 0.339 e. The molecule has 170 valence electrons. The molecule has 1 N–H and O–H groups in total. The SMILES string of the molecule is COc1ccc(CCNC(=O)COC(=O)c2ccccc2C(=O)c2cc(C)ccc2C)cc1. The van der Waals surface area contributed by atoms with E-state index in [-0.39, 0.29) is 16.9 Å². The summed E-state index contributed by atoms with van der Waals surface area (Å²) in [5, 5.41) is 2.73. The van der Waals surface area contributed by atoms with Crippen LogP contribution in [0.5, 0.6) is 5.75 Å². The van der Waals surface area contributed by atoms with E-state index in [2.05, 4.69) is 5.32 Å². The number of ketones is 1. The molecule has 0 aliphatic heterocycles. The molecule has 0 radical (unpaired) electrons. The van der Waals surface area contributed by atoms with Crippen molar-refractivity contribution in [3.63, 3.8) is 0 Å². The van der Waals surface area contributed by atoms with Crippen LogP contribution in [0.15, 0.2) is 66.7 Å². The molecule has 1 amide bonds. The van der Waals surface area contributed by atoms with E-state index in [1.54, 1.807) is 31.4 Å². The van der Waals surface area contributed by atoms with Crippen LogP contribution in [-0.4, -0.2) is 37.9 Å². The summed E-state index contributed by atoms with van der Waals surface area (Å²) in [4.78, 5) is 37.9. The zero-order valence-corrected chi connectivity index (χ0v) is 19.0. The van der Waals surface area contributed by atoms with Gasteiger partial charge in [-0.2, -0.15) is 0 Å². The average molecular weight is 446 g/mol. The molecule has 3 aromatic carbocycles. The Labute approximate surface area is 193 Å². The van der Waals surface area contributed by atoms with Gasteiger partial charge in [0.15, 0.2) is 12.4 Å². The van der Waals surface area contributed by atoms with Crippen molar-refractivity contribution in [1.29, 1.82) is 0 Å². The number of esters is 1. The molecule has 3 aromatic rings. The third kappa shape index (κ3) is 6.29. The van der Waals surface area contributed by atoms with Crippen molar-refractivity contribution in [2.75, 3.05) is 20.3 Å². The Morgan fingerprint density at radius 2 is 1.55 bits per heavy atom. The zero-order chi connectivity index (χ0) is 23.8. The molecule has 0 aliphatic rings. The summed E-state index contributed by atoms with van der Waals surface area (Å²) in [6, 6.07) is 19.6. The van der Waals surface area contributed by atoms with Crippen LogP contribution in [0.1, 0.15) is 43.0 Å². The molecule has 0 saturated carbocycles. The first-order valence-electron chi connectivity index (χ1n) is 10.7. The molecule has 0 fully saturated rings. The maximum atomic E-state index is 13.1. The second-order valence-corrected chi connectivity index (χ2v) is 7.72. The van der Waals surface area contributed by atoms with Crippen LogP contribution < -0.4 is 10.1 Å². The molecule has 6 nitrogen and oxygen atoms in total. The van der Waals surface area contributed by atoms with E-state index in [4.69, 9.17) is 9.47 Å². The van der Waals surface area contributed by atoms with Crippen molar-refractivity contribution < 1.29 is 23.9 Å². The van der Waals surface area contributed by atoms with Gasteiger partial charge in [0.2, 0.25) is 0 Å². The predicted octanol–water partition coefficient (Wildman–Crippen LogP) is 4.06. The zero-order valence-electron chi connectivity index (χ0n) is 19.0. The van der Waals surface area contributed by atoms with Gasteiger partial charge in [-0.3, -0.25) is 9.59 Å². The van der Waals surface area contributed by atoms with E-state index in [9.17, 15) is 14.4 Å². The van der Waals surface area contributed by atoms with Gasteiger partial charge in [-0.1, -0.05) is 48.0 Å². The maximum absolute atomic E-state index is 13.1. The Morgan fingerprint density at radius 1 is 0.848 bits per heavy atom. The van der Waals surface area contributed by atoms with Crippen LogP contribution in [-0.2, 0) is 16.0 Å². The summed E-state index contributed by atoms with van der Waals surface area (Å²) in [6.07, 6.45) is 0.636. The summed E-state index contributed by atoms with van der Waals surface area (Å²) in [5.74, 6) is -0.608. The van der Waals surface area contributed by atoms with E-state index in [0.717, 1.165) is 22.4 Å². The molecular weight excluding hydrogens is 418 g/mol. The number of aryl methyl sites for hydroxylation is 2. The number of carbonyl (C=O) groups excluding carboxylic acids is 3. The fraction of sp³-hybridized carbons (Fsp3) is 0.222. The summed E-state index contributed by atoms with van der Waals surface area (Å²) in [5.41, 5.74) is 3.74. The molecule has 0 atom stereocenters. The van der Waals surface area contributed by atoms with Gasteiger partial charge < -0.3 is 14.8 Å². The lowest BCUT2D eigenvalue weighted by Gasteiger charge is -2.11. The summed E-state index contributed by atoms with van der Waals surface area (Å²) in [7, 11) is 1.61. The first-order chi connectivity index (χ1) is 15.9. The quantitative estimate of drug-likeness (QED) is 0.397. The second kappa shape index (κ2) is 11.1. The lowest BCUT2D eigenvalue weighted by atomic mass is 9.94. The highest BCUT2D eigenvalue weighted by molar-refractivity contribution is 6.15. The van der Waals surface area contributed by atoms with E-state index in [0.29, 0.717) is 18.5 Å². The predicted molar refractivity (Wildman–Crippen MR) is 126 cm³/mol. The van der Waals surface area contributed by atoms with Crippen LogP contribution in [0.3, 0.4) is 0 Å². The fourth-order valence-corrected chi connectivity index (χ4v) is 3.38. The van der Waals surface area contributed by atoms with Crippen molar-refractivity contribution in [2.45, 2.75) is 20.3 Å². The van der Waals surface area contributed by atoms with Crippen LogP contribution in [0.2, 0.25) is 0 Å². The number of rotatable bonds is 9. The molecule has 6 heteroatoms. The highest BCUT2D eigenvalue weighted by Crippen LogP contribution is 2.19. The van der Waals surface area contributed by atoms with Gasteiger partial charge in [0.1, 0.15) is 5.75 Å². The van der Waals surface area contributed by atoms with Gasteiger partial charge in [0, 0.05) is 17.7 Å². The summed E-state index contributed by atoms with van der Waals surface area (Å²) >= 11 is 0. The third-order valence-electron chi connectivity index (χ3n) is 5.26. The van der Waals surface area contributed by atoms with Crippen molar-refractivity contribution in [2.24, 2.45) is 0 Å². The number of nitrogens with one attached hydrogen (secondary N) is 1. The lowest BCUT2D eigenvalue weighted by Crippen LogP contribution is -2.30. The molecule has 3 rings (SSSR count). The highest BCUT2D eigenvalue weighted by Gasteiger charge is 2.21. The summed E-state index contributed by atoms with van der Waals surface area (Å²) < 4.78 is 10.3. The number of benzene rings is 3. The normalized spacial score (nSPS) is 10.4. The number of carbonyl (C=O) groups is 3. The van der Waals surface area contributed by atoms with Crippen LogP contribution in [0, 0.1) is 13.8 Å². The van der Waals surface area contributed by atoms with Crippen LogP contribution in [0.4, 0.5) is 0 Å². The van der Waals surface area contributed by atoms with E-state index >= 15 is 0 Å². The molecule has 0 aliphatic carbocycles. The molecule has 0 heterocycles. The molecule has 0 unspecified atom stereocenters. The molecule has 33 heavy (non-hydrogen) atoms. The minimum absolute atomic E-state index is 0.134. The first kappa shape index (κ1) is 23.7. The standard InChI is InChI=1S/C27H27NO5/c1-18-8-9-19(2)24(16-18)26(30)22-6-4-5-7-23(22)27(31)33-17-25(29)28-15-14-20-10-12-21(32-3)13-11-20/h4-13,16H,14-15,17H2,1-3H3,(H,28,29). The second-order valence-electron chi connectivity index (χ2n) is 7.72. The number of hydrogen-bond donors (Lipinski definition) is 1.